The van der Waals surface area contributed by atoms with Crippen LogP contribution >= 0.6 is 0 Å². The maximum Gasteiger partial charge on any atom is 0.252 e. The van der Waals surface area contributed by atoms with E-state index >= 15 is 0 Å². The lowest BCUT2D eigenvalue weighted by Crippen LogP contribution is -2.33. The number of aliphatic imine (C=N–C) groups is 1. The zero-order chi connectivity index (χ0) is 22.3. The summed E-state index contributed by atoms with van der Waals surface area (Å²) in [4.78, 5) is 28.9. The average Bonchev–Trinajstić information content (AvgIpc) is 3.14. The van der Waals surface area contributed by atoms with Gasteiger partial charge in [-0.25, -0.2) is 4.99 Å². The van der Waals surface area contributed by atoms with Crippen molar-refractivity contribution < 1.29 is 14.3 Å². The highest BCUT2D eigenvalue weighted by Crippen LogP contribution is 2.23. The fourth-order valence-electron chi connectivity index (χ4n) is 3.23. The molecule has 0 aromatic heterocycles. The minimum atomic E-state index is -0.770. The molecule has 4 rings (SSSR count). The summed E-state index contributed by atoms with van der Waals surface area (Å²) in [7, 11) is 0. The van der Waals surface area contributed by atoms with Crippen molar-refractivity contribution >= 4 is 29.1 Å². The Hall–Kier alpha value is -4.13. The first-order chi connectivity index (χ1) is 15.6. The quantitative estimate of drug-likeness (QED) is 0.522. The highest BCUT2D eigenvalue weighted by atomic mass is 16.5. The van der Waals surface area contributed by atoms with E-state index in [1.54, 1.807) is 24.3 Å². The number of guanidine groups is 1. The SMILES string of the molecule is CCc1ccc(NC2=N[C@H](CC(=O)Nc3ccc(Oc4ccccc4)cc3)C(=O)N2)cc1. The molecule has 0 spiro atoms. The van der Waals surface area contributed by atoms with Crippen molar-refractivity contribution in [1.82, 2.24) is 5.32 Å². The second kappa shape index (κ2) is 9.78. The van der Waals surface area contributed by atoms with Crippen molar-refractivity contribution in [3.05, 3.63) is 84.4 Å². The van der Waals surface area contributed by atoms with Gasteiger partial charge in [0, 0.05) is 11.4 Å². The highest BCUT2D eigenvalue weighted by molar-refractivity contribution is 6.11. The van der Waals surface area contributed by atoms with Gasteiger partial charge >= 0.3 is 0 Å². The summed E-state index contributed by atoms with van der Waals surface area (Å²) >= 11 is 0. The third kappa shape index (κ3) is 5.51. The summed E-state index contributed by atoms with van der Waals surface area (Å²) in [5, 5.41) is 8.55. The molecule has 0 fully saturated rings. The van der Waals surface area contributed by atoms with Crippen LogP contribution in [0.25, 0.3) is 0 Å². The van der Waals surface area contributed by atoms with Crippen LogP contribution in [0.4, 0.5) is 11.4 Å². The van der Waals surface area contributed by atoms with Gasteiger partial charge in [0.15, 0.2) is 0 Å². The summed E-state index contributed by atoms with van der Waals surface area (Å²) in [6.07, 6.45) is 0.909. The molecule has 2 amide bonds. The van der Waals surface area contributed by atoms with E-state index in [4.69, 9.17) is 4.74 Å². The van der Waals surface area contributed by atoms with Crippen molar-refractivity contribution in [2.75, 3.05) is 10.6 Å². The first-order valence-electron chi connectivity index (χ1n) is 10.5. The molecule has 0 saturated carbocycles. The Morgan fingerprint density at radius 1 is 0.938 bits per heavy atom. The summed E-state index contributed by atoms with van der Waals surface area (Å²) in [5.74, 6) is 1.15. The summed E-state index contributed by atoms with van der Waals surface area (Å²) < 4.78 is 5.74. The average molecular weight is 428 g/mol. The van der Waals surface area contributed by atoms with Crippen molar-refractivity contribution in [3.63, 3.8) is 0 Å². The fraction of sp³-hybridized carbons (Fsp3) is 0.160. The molecule has 0 saturated heterocycles. The van der Waals surface area contributed by atoms with Crippen molar-refractivity contribution in [2.24, 2.45) is 4.99 Å². The molecule has 3 N–H and O–H groups in total. The van der Waals surface area contributed by atoms with Crippen molar-refractivity contribution in [3.8, 4) is 11.5 Å². The van der Waals surface area contributed by atoms with Gasteiger partial charge in [0.05, 0.1) is 6.42 Å². The summed E-state index contributed by atoms with van der Waals surface area (Å²) in [5.41, 5.74) is 2.67. The van der Waals surface area contributed by atoms with Gasteiger partial charge in [0.25, 0.3) is 5.91 Å². The highest BCUT2D eigenvalue weighted by Gasteiger charge is 2.28. The molecule has 3 aromatic rings. The topological polar surface area (TPSA) is 91.8 Å². The minimum absolute atomic E-state index is 0.0476. The molecule has 1 aliphatic rings. The number of nitrogens with one attached hydrogen (secondary N) is 3. The number of benzene rings is 3. The van der Waals surface area contributed by atoms with Crippen molar-refractivity contribution in [1.29, 1.82) is 0 Å². The van der Waals surface area contributed by atoms with Crippen molar-refractivity contribution in [2.45, 2.75) is 25.8 Å². The van der Waals surface area contributed by atoms with Crippen LogP contribution in [0.3, 0.4) is 0 Å². The third-order valence-corrected chi connectivity index (χ3v) is 4.95. The Kier molecular flexibility index (Phi) is 6.46. The molecule has 32 heavy (non-hydrogen) atoms. The molecule has 3 aromatic carbocycles. The number of nitrogens with zero attached hydrogens (tertiary/aromatic N) is 1. The zero-order valence-corrected chi connectivity index (χ0v) is 17.7. The smallest absolute Gasteiger partial charge is 0.252 e. The van der Waals surface area contributed by atoms with Crippen LogP contribution in [0.2, 0.25) is 0 Å². The van der Waals surface area contributed by atoms with Gasteiger partial charge in [-0.1, -0.05) is 37.3 Å². The predicted molar refractivity (Wildman–Crippen MR) is 125 cm³/mol. The molecule has 0 radical (unpaired) electrons. The number of hydrogen-bond donors (Lipinski definition) is 3. The third-order valence-electron chi connectivity index (χ3n) is 4.95. The Labute approximate surface area is 186 Å². The van der Waals surface area contributed by atoms with Gasteiger partial charge in [-0.2, -0.15) is 0 Å². The largest absolute Gasteiger partial charge is 0.457 e. The molecule has 162 valence electrons. The molecular weight excluding hydrogens is 404 g/mol. The van der Waals surface area contributed by atoms with Gasteiger partial charge in [-0.15, -0.1) is 0 Å². The van der Waals surface area contributed by atoms with Crippen LogP contribution in [0, 0.1) is 0 Å². The summed E-state index contributed by atoms with van der Waals surface area (Å²) in [6.45, 7) is 2.09. The number of carbonyl (C=O) groups is 2. The Morgan fingerprint density at radius 2 is 1.59 bits per heavy atom. The normalized spacial score (nSPS) is 15.0. The lowest BCUT2D eigenvalue weighted by atomic mass is 10.1. The van der Waals surface area contributed by atoms with Crippen LogP contribution in [-0.2, 0) is 16.0 Å². The fourth-order valence-corrected chi connectivity index (χ4v) is 3.23. The molecule has 7 heteroatoms. The van der Waals surface area contributed by atoms with E-state index in [2.05, 4.69) is 27.9 Å². The molecule has 1 aliphatic heterocycles. The molecule has 0 unspecified atom stereocenters. The summed E-state index contributed by atoms with van der Waals surface area (Å²) in [6, 6.07) is 23.6. The lowest BCUT2D eigenvalue weighted by Gasteiger charge is -2.09. The van der Waals surface area contributed by atoms with E-state index in [1.165, 1.54) is 5.56 Å². The Bertz CT molecular complexity index is 1110. The monoisotopic (exact) mass is 428 g/mol. The minimum Gasteiger partial charge on any atom is -0.457 e. The van der Waals surface area contributed by atoms with Crippen LogP contribution in [0.5, 0.6) is 11.5 Å². The number of hydrogen-bond acceptors (Lipinski definition) is 5. The second-order valence-electron chi connectivity index (χ2n) is 7.35. The van der Waals surface area contributed by atoms with Crippen LogP contribution in [0.15, 0.2) is 83.9 Å². The number of carbonyl (C=O) groups excluding carboxylic acids is 2. The standard InChI is InChI=1S/C25H24N4O3/c1-2-17-8-10-19(11-9-17)27-25-28-22(24(31)29-25)16-23(30)26-18-12-14-21(15-13-18)32-20-6-4-3-5-7-20/h3-15,22H,2,16H2,1H3,(H,26,30)(H2,27,28,29,31)/t22-/m1/s1. The lowest BCUT2D eigenvalue weighted by molar-refractivity contribution is -0.123. The zero-order valence-electron chi connectivity index (χ0n) is 17.7. The van der Waals surface area contributed by atoms with Gasteiger partial charge in [-0.3, -0.25) is 14.9 Å². The maximum atomic E-state index is 12.4. The van der Waals surface area contributed by atoms with Crippen LogP contribution < -0.4 is 20.7 Å². The van der Waals surface area contributed by atoms with E-state index < -0.39 is 6.04 Å². The number of rotatable bonds is 7. The van der Waals surface area contributed by atoms with Crippen LogP contribution in [-0.4, -0.2) is 23.8 Å². The first-order valence-corrected chi connectivity index (χ1v) is 10.5. The first kappa shape index (κ1) is 21.1. The molecular formula is C25H24N4O3. The van der Waals surface area contributed by atoms with E-state index in [-0.39, 0.29) is 18.2 Å². The van der Waals surface area contributed by atoms with Gasteiger partial charge < -0.3 is 15.4 Å². The molecule has 1 atom stereocenters. The molecule has 0 bridgehead atoms. The second-order valence-corrected chi connectivity index (χ2v) is 7.35. The van der Waals surface area contributed by atoms with Gasteiger partial charge in [0.1, 0.15) is 17.5 Å². The van der Waals surface area contributed by atoms with Crippen LogP contribution in [0.1, 0.15) is 18.9 Å². The van der Waals surface area contributed by atoms with E-state index in [0.29, 0.717) is 17.4 Å². The Morgan fingerprint density at radius 3 is 2.28 bits per heavy atom. The number of aryl methyl sites for hydroxylation is 1. The van der Waals surface area contributed by atoms with E-state index in [1.807, 2.05) is 54.6 Å². The molecule has 0 aliphatic carbocycles. The van der Waals surface area contributed by atoms with E-state index in [0.717, 1.165) is 17.9 Å². The molecule has 1 heterocycles. The van der Waals surface area contributed by atoms with Gasteiger partial charge in [0.2, 0.25) is 11.9 Å². The Balaban J connectivity index is 1.30. The number of anilines is 2. The number of amides is 2. The predicted octanol–water partition coefficient (Wildman–Crippen LogP) is 4.34. The number of ether oxygens (including phenoxy) is 1. The maximum absolute atomic E-state index is 12.4. The number of para-hydroxylation sites is 1. The van der Waals surface area contributed by atoms with E-state index in [9.17, 15) is 9.59 Å². The van der Waals surface area contributed by atoms with Gasteiger partial charge in [-0.05, 0) is 60.5 Å². The molecule has 7 nitrogen and oxygen atoms in total.